The summed E-state index contributed by atoms with van der Waals surface area (Å²) in [5.74, 6) is 0.580. The largest absolute Gasteiger partial charge is 0.333 e. The lowest BCUT2D eigenvalue weighted by molar-refractivity contribution is 0.0734. The molecule has 4 heterocycles. The van der Waals surface area contributed by atoms with Crippen molar-refractivity contribution in [2.75, 3.05) is 6.98 Å². The van der Waals surface area contributed by atoms with Crippen LogP contribution in [0.25, 0.3) is 16.6 Å². The fraction of sp³-hybridized carbons (Fsp3) is 0.379. The molecule has 4 aromatic rings. The minimum absolute atomic E-state index is 0.102. The zero-order chi connectivity index (χ0) is 26.7. The first kappa shape index (κ1) is 17.8. The molecule has 1 aliphatic heterocycles. The van der Waals surface area contributed by atoms with Gasteiger partial charge >= 0.3 is 0 Å². The monoisotopic (exact) mass is 479 g/mol. The molecule has 8 rings (SSSR count). The van der Waals surface area contributed by atoms with E-state index in [1.165, 1.54) is 5.56 Å². The molecule has 0 saturated heterocycles. The number of nitrogens with two attached hydrogens (primary N) is 1. The number of rotatable bonds is 3. The Balaban J connectivity index is 1.30. The van der Waals surface area contributed by atoms with Crippen LogP contribution in [0.3, 0.4) is 0 Å². The van der Waals surface area contributed by atoms with Gasteiger partial charge in [-0.3, -0.25) is 4.79 Å². The molecule has 0 radical (unpaired) electrons. The van der Waals surface area contributed by atoms with E-state index < -0.39 is 24.5 Å². The number of carbonyl (C=O) groups excluding carboxylic acids is 1. The van der Waals surface area contributed by atoms with Gasteiger partial charge in [-0.15, -0.1) is 0 Å². The lowest BCUT2D eigenvalue weighted by Gasteiger charge is -2.36. The number of amides is 1. The second-order valence-electron chi connectivity index (χ2n) is 10.9. The van der Waals surface area contributed by atoms with E-state index in [9.17, 15) is 4.79 Å². The first-order valence-corrected chi connectivity index (χ1v) is 12.8. The summed E-state index contributed by atoms with van der Waals surface area (Å²) in [6, 6.07) is 9.25. The highest BCUT2D eigenvalue weighted by Gasteiger charge is 2.46. The summed E-state index contributed by atoms with van der Waals surface area (Å²) in [4.78, 5) is 24.1. The van der Waals surface area contributed by atoms with Crippen molar-refractivity contribution in [1.82, 2.24) is 24.5 Å². The Labute approximate surface area is 213 Å². The minimum Gasteiger partial charge on any atom is -0.333 e. The number of aromatic nitrogens is 4. The van der Waals surface area contributed by atoms with Gasteiger partial charge in [0.15, 0.2) is 0 Å². The van der Waals surface area contributed by atoms with Gasteiger partial charge in [-0.05, 0) is 79.3 Å². The molecule has 7 nitrogen and oxygen atoms in total. The van der Waals surface area contributed by atoms with Crippen molar-refractivity contribution in [1.29, 1.82) is 0 Å². The van der Waals surface area contributed by atoms with Gasteiger partial charge in [0, 0.05) is 52.3 Å². The zero-order valence-corrected chi connectivity index (χ0v) is 19.8. The third-order valence-corrected chi connectivity index (χ3v) is 8.77. The highest BCUT2D eigenvalue weighted by atomic mass is 16.2. The van der Waals surface area contributed by atoms with Gasteiger partial charge in [-0.1, -0.05) is 12.1 Å². The van der Waals surface area contributed by atoms with Crippen LogP contribution in [-0.4, -0.2) is 37.4 Å². The molecule has 3 aromatic heterocycles. The quantitative estimate of drug-likeness (QED) is 0.461. The topological polar surface area (TPSA) is 89.4 Å². The molecule has 7 heteroatoms. The highest BCUT2D eigenvalue weighted by molar-refractivity contribution is 5.98. The van der Waals surface area contributed by atoms with Gasteiger partial charge < -0.3 is 10.6 Å². The number of hydrogen-bond donors (Lipinski definition) is 1. The second kappa shape index (κ2) is 7.01. The summed E-state index contributed by atoms with van der Waals surface area (Å²) < 4.78 is 26.7. The molecule has 3 aliphatic carbocycles. The predicted molar refractivity (Wildman–Crippen MR) is 136 cm³/mol. The molecule has 0 spiro atoms. The Morgan fingerprint density at radius 3 is 2.67 bits per heavy atom. The molecule has 2 N–H and O–H groups in total. The molecule has 180 valence electrons. The molecule has 2 saturated carbocycles. The van der Waals surface area contributed by atoms with E-state index >= 15 is 0 Å². The summed E-state index contributed by atoms with van der Waals surface area (Å²) >= 11 is 0. The van der Waals surface area contributed by atoms with Crippen LogP contribution in [0.1, 0.15) is 99.1 Å². The Hall–Kier alpha value is -3.58. The van der Waals surface area contributed by atoms with Crippen LogP contribution in [0.15, 0.2) is 48.9 Å². The van der Waals surface area contributed by atoms with Crippen LogP contribution in [0, 0.1) is 0 Å². The van der Waals surface area contributed by atoms with Gasteiger partial charge in [0.25, 0.3) is 5.91 Å². The number of benzene rings is 1. The number of carbonyl (C=O) groups is 1. The molecule has 4 aliphatic rings. The molecule has 2 fully saturated rings. The molecule has 2 bridgehead atoms. The lowest BCUT2D eigenvalue weighted by atomic mass is 9.77. The third-order valence-electron chi connectivity index (χ3n) is 8.77. The summed E-state index contributed by atoms with van der Waals surface area (Å²) in [5.41, 5.74) is 13.1. The average Bonchev–Trinajstić information content (AvgIpc) is 3.62. The maximum Gasteiger partial charge on any atom is 0.254 e. The van der Waals surface area contributed by atoms with Crippen molar-refractivity contribution in [3.05, 3.63) is 82.7 Å². The van der Waals surface area contributed by atoms with Crippen LogP contribution in [0.4, 0.5) is 0 Å². The molecule has 2 atom stereocenters. The lowest BCUT2D eigenvalue weighted by Crippen LogP contribution is -2.44. The van der Waals surface area contributed by atoms with E-state index in [2.05, 4.69) is 22.1 Å². The molecule has 36 heavy (non-hydrogen) atoms. The van der Waals surface area contributed by atoms with Gasteiger partial charge in [-0.2, -0.15) is 5.10 Å². The van der Waals surface area contributed by atoms with Crippen molar-refractivity contribution >= 4 is 11.4 Å². The Morgan fingerprint density at radius 1 is 1.11 bits per heavy atom. The second-order valence-corrected chi connectivity index (χ2v) is 10.9. The molecule has 1 amide bonds. The van der Waals surface area contributed by atoms with Gasteiger partial charge in [0.05, 0.1) is 22.8 Å². The van der Waals surface area contributed by atoms with Gasteiger partial charge in [0.1, 0.15) is 5.82 Å². The fourth-order valence-electron chi connectivity index (χ4n) is 6.50. The van der Waals surface area contributed by atoms with Crippen LogP contribution in [0.5, 0.6) is 0 Å². The number of hydrogen-bond acceptors (Lipinski definition) is 5. The van der Waals surface area contributed by atoms with E-state index in [1.807, 2.05) is 35.2 Å². The first-order valence-electron chi connectivity index (χ1n) is 14.3. The summed E-state index contributed by atoms with van der Waals surface area (Å²) in [5, 5.41) is 4.86. The Morgan fingerprint density at radius 2 is 1.94 bits per heavy atom. The standard InChI is InChI=1S/C29H28N6O/c1-34-23-13-21(24-19(16-6-7-16)4-2-5-20(24)27(34)36)25-22-12-17(8-11-35(22)33-26(23)25)18-14-31-28(32-15-18)29(30)9-3-10-29/h2,4-5,8,11-12,14-16,21,23H,3,6-7,9-10,13,30H2,1H3/t21-,23-/m1/s1/i1D3. The van der Waals surface area contributed by atoms with Crippen LogP contribution in [0.2, 0.25) is 0 Å². The van der Waals surface area contributed by atoms with Crippen molar-refractivity contribution < 1.29 is 8.91 Å². The summed E-state index contributed by atoms with van der Waals surface area (Å²) in [6.07, 6.45) is 11.2. The van der Waals surface area contributed by atoms with Gasteiger partial charge in [-0.25, -0.2) is 14.5 Å². The summed E-state index contributed by atoms with van der Waals surface area (Å²) in [7, 11) is 0. The average molecular weight is 480 g/mol. The first-order chi connectivity index (χ1) is 18.7. The molecular weight excluding hydrogens is 448 g/mol. The SMILES string of the molecule is [2H]C([2H])([2H])N1C(=O)c2cccc(C3CC3)c2[C@H]2C[C@@H]1c1nn3ccc(-c4cnc(C5(N)CCC5)nc4)cc3c12. The minimum atomic E-state index is -2.58. The number of pyridine rings is 1. The number of fused-ring (bicyclic) bond motifs is 9. The van der Waals surface area contributed by atoms with Crippen LogP contribution < -0.4 is 5.73 Å². The fourth-order valence-corrected chi connectivity index (χ4v) is 6.50. The van der Waals surface area contributed by atoms with Gasteiger partial charge in [0.2, 0.25) is 0 Å². The molecule has 1 aromatic carbocycles. The van der Waals surface area contributed by atoms with Crippen LogP contribution >= 0.6 is 0 Å². The predicted octanol–water partition coefficient (Wildman–Crippen LogP) is 4.67. The Bertz CT molecular complexity index is 1670. The summed E-state index contributed by atoms with van der Waals surface area (Å²) in [6.45, 7) is -2.58. The van der Waals surface area contributed by atoms with Crippen molar-refractivity contribution in [2.24, 2.45) is 5.73 Å². The van der Waals surface area contributed by atoms with Crippen molar-refractivity contribution in [2.45, 2.75) is 61.9 Å². The highest BCUT2D eigenvalue weighted by Crippen LogP contribution is 2.55. The van der Waals surface area contributed by atoms with E-state index in [-0.39, 0.29) is 5.92 Å². The maximum atomic E-state index is 13.8. The Kier molecular flexibility index (Phi) is 3.46. The number of nitrogens with zero attached hydrogens (tertiary/aromatic N) is 5. The van der Waals surface area contributed by atoms with Crippen molar-refractivity contribution in [3.63, 3.8) is 0 Å². The maximum absolute atomic E-state index is 13.8. The van der Waals surface area contributed by atoms with E-state index in [4.69, 9.17) is 14.9 Å². The normalized spacial score (nSPS) is 25.4. The van der Waals surface area contributed by atoms with E-state index in [0.717, 1.165) is 64.8 Å². The molecular formula is C29H28N6O. The molecule has 0 unspecified atom stereocenters. The van der Waals surface area contributed by atoms with Crippen molar-refractivity contribution in [3.8, 4) is 11.1 Å². The third kappa shape index (κ3) is 2.72. The van der Waals surface area contributed by atoms with E-state index in [0.29, 0.717) is 29.4 Å². The smallest absolute Gasteiger partial charge is 0.254 e. The van der Waals surface area contributed by atoms with E-state index in [1.54, 1.807) is 6.07 Å². The zero-order valence-electron chi connectivity index (χ0n) is 22.8. The van der Waals surface area contributed by atoms with Crippen LogP contribution in [-0.2, 0) is 5.54 Å².